The summed E-state index contributed by atoms with van der Waals surface area (Å²) >= 11 is 0. The number of rotatable bonds is 7. The van der Waals surface area contributed by atoms with Gasteiger partial charge in [-0.25, -0.2) is 4.68 Å². The molecule has 0 aromatic carbocycles. The fourth-order valence-corrected chi connectivity index (χ4v) is 8.09. The number of hydrogen-bond acceptors (Lipinski definition) is 6. The highest BCUT2D eigenvalue weighted by atomic mass is 16.6. The first-order valence-corrected chi connectivity index (χ1v) is 13.5. The van der Waals surface area contributed by atoms with Crippen LogP contribution in [0.25, 0.3) is 0 Å². The van der Waals surface area contributed by atoms with E-state index in [0.717, 1.165) is 62.6 Å². The molecule has 1 aromatic rings. The largest absolute Gasteiger partial charge is 0.394 e. The highest BCUT2D eigenvalue weighted by Crippen LogP contribution is 2.65. The van der Waals surface area contributed by atoms with Gasteiger partial charge in [0.15, 0.2) is 0 Å². The zero-order valence-electron chi connectivity index (χ0n) is 21.6. The van der Waals surface area contributed by atoms with E-state index in [1.54, 1.807) is 0 Å². The lowest BCUT2D eigenvalue weighted by atomic mass is 9.45. The van der Waals surface area contributed by atoms with E-state index in [2.05, 4.69) is 48.3 Å². The molecule has 4 aliphatic carbocycles. The number of ketones is 1. The Labute approximate surface area is 204 Å². The first-order valence-electron chi connectivity index (χ1n) is 13.5. The highest BCUT2D eigenvalue weighted by Gasteiger charge is 2.60. The number of carbonyl (C=O) groups is 1. The molecule has 4 aliphatic rings. The third-order valence-electron chi connectivity index (χ3n) is 10.2. The summed E-state index contributed by atoms with van der Waals surface area (Å²) in [7, 11) is 4.14. The molecule has 188 valence electrons. The fraction of sp³-hybridized carbons (Fsp3) is 0.852. The van der Waals surface area contributed by atoms with Crippen LogP contribution < -0.4 is 0 Å². The van der Waals surface area contributed by atoms with Gasteiger partial charge in [-0.15, -0.1) is 5.10 Å². The molecule has 4 saturated carbocycles. The number of fused-ring (bicyclic) bond motifs is 5. The summed E-state index contributed by atoms with van der Waals surface area (Å²) in [6, 6.07) is 0. The zero-order chi connectivity index (χ0) is 23.9. The molecule has 7 heteroatoms. The van der Waals surface area contributed by atoms with Crippen molar-refractivity contribution in [3.63, 3.8) is 0 Å². The lowest BCUT2D eigenvalue weighted by molar-refractivity contribution is -0.137. The molecule has 1 aromatic heterocycles. The molecule has 34 heavy (non-hydrogen) atoms. The quantitative estimate of drug-likeness (QED) is 0.438. The Morgan fingerprint density at radius 1 is 1.15 bits per heavy atom. The maximum atomic E-state index is 12.6. The topological polar surface area (TPSA) is 72.6 Å². The van der Waals surface area contributed by atoms with E-state index in [0.29, 0.717) is 36.2 Å². The van der Waals surface area contributed by atoms with Gasteiger partial charge >= 0.3 is 0 Å². The fourth-order valence-electron chi connectivity index (χ4n) is 8.09. The molecule has 0 amide bonds. The summed E-state index contributed by atoms with van der Waals surface area (Å²) in [4.78, 5) is 20.5. The van der Waals surface area contributed by atoms with Crippen LogP contribution in [0.15, 0.2) is 11.4 Å². The van der Waals surface area contributed by atoms with Crippen molar-refractivity contribution in [3.05, 3.63) is 11.9 Å². The third kappa shape index (κ3) is 4.33. The van der Waals surface area contributed by atoms with Crippen LogP contribution in [-0.4, -0.2) is 58.6 Å². The molecule has 4 fully saturated rings. The molecular formula is C27H43N5O2. The predicted octanol–water partition coefficient (Wildman–Crippen LogP) is 4.37. The van der Waals surface area contributed by atoms with Gasteiger partial charge in [-0.3, -0.25) is 4.79 Å². The molecule has 0 aliphatic heterocycles. The first-order chi connectivity index (χ1) is 16.3. The molecular weight excluding hydrogens is 426 g/mol. The van der Waals surface area contributed by atoms with Crippen LogP contribution in [0.1, 0.15) is 77.3 Å². The van der Waals surface area contributed by atoms with Crippen molar-refractivity contribution in [2.75, 3.05) is 27.2 Å². The van der Waals surface area contributed by atoms with E-state index in [1.807, 2.05) is 10.9 Å². The van der Waals surface area contributed by atoms with Gasteiger partial charge in [0.05, 0.1) is 18.0 Å². The van der Waals surface area contributed by atoms with Crippen molar-refractivity contribution in [2.45, 2.75) is 84.6 Å². The van der Waals surface area contributed by atoms with Gasteiger partial charge in [0.1, 0.15) is 12.4 Å². The minimum absolute atomic E-state index is 0.0172. The normalized spacial score (nSPS) is 38.6. The van der Waals surface area contributed by atoms with Crippen LogP contribution >= 0.6 is 0 Å². The Bertz CT molecular complexity index is 926. The molecule has 0 bridgehead atoms. The van der Waals surface area contributed by atoms with Gasteiger partial charge in [0.25, 0.3) is 0 Å². The second-order valence-corrected chi connectivity index (χ2v) is 12.3. The van der Waals surface area contributed by atoms with E-state index >= 15 is 0 Å². The van der Waals surface area contributed by atoms with E-state index in [1.165, 1.54) is 31.4 Å². The van der Waals surface area contributed by atoms with Crippen molar-refractivity contribution in [2.24, 2.45) is 39.7 Å². The molecule has 7 nitrogen and oxygen atoms in total. The second kappa shape index (κ2) is 9.36. The molecule has 0 radical (unpaired) electrons. The predicted molar refractivity (Wildman–Crippen MR) is 132 cm³/mol. The van der Waals surface area contributed by atoms with Crippen LogP contribution in [0.2, 0.25) is 0 Å². The second-order valence-electron chi connectivity index (χ2n) is 12.3. The maximum absolute atomic E-state index is 12.6. The number of Topliss-reactive ketones (excluding diaryl/α,β-unsaturated/α-hetero) is 1. The van der Waals surface area contributed by atoms with Gasteiger partial charge in [0, 0.05) is 31.0 Å². The van der Waals surface area contributed by atoms with Gasteiger partial charge in [-0.05, 0) is 94.5 Å². The van der Waals surface area contributed by atoms with Crippen LogP contribution in [0.3, 0.4) is 0 Å². The number of oxime groups is 1. The Morgan fingerprint density at radius 3 is 2.82 bits per heavy atom. The van der Waals surface area contributed by atoms with Crippen molar-refractivity contribution < 1.29 is 9.63 Å². The summed E-state index contributed by atoms with van der Waals surface area (Å²) in [5, 5.41) is 13.0. The lowest BCUT2D eigenvalue weighted by Crippen LogP contribution is -2.53. The highest BCUT2D eigenvalue weighted by molar-refractivity contribution is 5.87. The standard InChI is InChI=1S/C27H43N5O2/c1-26-12-9-20(29-34-16-15-32-18-21(28-30-32)11-14-31(3)4)17-19(26)5-6-22-23-7-8-25(33)27(23,2)13-10-24(22)26/h18-19,22-24H,5-17H2,1-4H3/b29-20-/t19?,22?,23?,24?,26-,27-/m0/s1. The van der Waals surface area contributed by atoms with Crippen molar-refractivity contribution in [1.82, 2.24) is 19.9 Å². The lowest BCUT2D eigenvalue weighted by Gasteiger charge is -2.59. The van der Waals surface area contributed by atoms with Crippen molar-refractivity contribution in [1.29, 1.82) is 0 Å². The Kier molecular flexibility index (Phi) is 6.60. The zero-order valence-corrected chi connectivity index (χ0v) is 21.6. The van der Waals surface area contributed by atoms with Crippen molar-refractivity contribution >= 4 is 11.5 Å². The molecule has 0 saturated heterocycles. The average Bonchev–Trinajstić information content (AvgIpc) is 3.39. The average molecular weight is 470 g/mol. The minimum atomic E-state index is -0.0172. The van der Waals surface area contributed by atoms with Gasteiger partial charge < -0.3 is 9.74 Å². The molecule has 0 spiro atoms. The number of hydrogen-bond donors (Lipinski definition) is 0. The SMILES string of the molecule is CN(C)CCc1cn(CCO/N=C2/CC[C@@]3(C)C(CCC4C3CC[C@]3(C)C(=O)CCC43)C2)nn1. The van der Waals surface area contributed by atoms with Crippen LogP contribution in [0.4, 0.5) is 0 Å². The Hall–Kier alpha value is -1.76. The van der Waals surface area contributed by atoms with E-state index in [9.17, 15) is 4.79 Å². The summed E-state index contributed by atoms with van der Waals surface area (Å²) in [6.07, 6.45) is 13.2. The van der Waals surface area contributed by atoms with E-state index in [-0.39, 0.29) is 5.41 Å². The molecule has 6 atom stereocenters. The van der Waals surface area contributed by atoms with Crippen molar-refractivity contribution in [3.8, 4) is 0 Å². The summed E-state index contributed by atoms with van der Waals surface area (Å²) in [6.45, 7) is 7.02. The van der Waals surface area contributed by atoms with E-state index in [4.69, 9.17) is 4.84 Å². The van der Waals surface area contributed by atoms with Crippen LogP contribution in [0, 0.1) is 34.5 Å². The summed E-state index contributed by atoms with van der Waals surface area (Å²) in [5.74, 6) is 3.43. The number of likely N-dealkylation sites (N-methyl/N-ethyl adjacent to an activating group) is 1. The van der Waals surface area contributed by atoms with Gasteiger partial charge in [-0.2, -0.15) is 0 Å². The molecule has 4 unspecified atom stereocenters. The van der Waals surface area contributed by atoms with Gasteiger partial charge in [0.2, 0.25) is 0 Å². The Morgan fingerprint density at radius 2 is 2.00 bits per heavy atom. The van der Waals surface area contributed by atoms with Gasteiger partial charge in [-0.1, -0.05) is 24.2 Å². The smallest absolute Gasteiger partial charge is 0.139 e. The number of carbonyl (C=O) groups excluding carboxylic acids is 1. The minimum Gasteiger partial charge on any atom is -0.394 e. The van der Waals surface area contributed by atoms with E-state index < -0.39 is 0 Å². The summed E-state index contributed by atoms with van der Waals surface area (Å²) < 4.78 is 1.86. The Balaban J connectivity index is 1.13. The summed E-state index contributed by atoms with van der Waals surface area (Å²) in [5.41, 5.74) is 2.64. The molecule has 0 N–H and O–H groups in total. The monoisotopic (exact) mass is 469 g/mol. The van der Waals surface area contributed by atoms with Crippen LogP contribution in [-0.2, 0) is 22.6 Å². The van der Waals surface area contributed by atoms with Crippen LogP contribution in [0.5, 0.6) is 0 Å². The number of nitrogens with zero attached hydrogens (tertiary/aromatic N) is 5. The molecule has 1 heterocycles. The molecule has 5 rings (SSSR count). The first kappa shape index (κ1) is 24.0. The maximum Gasteiger partial charge on any atom is 0.139 e. The number of aromatic nitrogens is 3. The third-order valence-corrected chi connectivity index (χ3v) is 10.2.